The Morgan fingerprint density at radius 1 is 1.38 bits per heavy atom. The van der Waals surface area contributed by atoms with Crippen LogP contribution in [-0.4, -0.2) is 74.8 Å². The monoisotopic (exact) mass is 292 g/mol. The second kappa shape index (κ2) is 8.91. The Morgan fingerprint density at radius 2 is 2.19 bits per heavy atom. The summed E-state index contributed by atoms with van der Waals surface area (Å²) in [6, 6.07) is 0. The Kier molecular flexibility index (Phi) is 6.84. The molecule has 0 amide bonds. The van der Waals surface area contributed by atoms with Crippen LogP contribution in [0, 0.1) is 18.3 Å². The summed E-state index contributed by atoms with van der Waals surface area (Å²) in [5.74, 6) is 4.38. The largest absolute Gasteiger partial charge is 0.381 e. The van der Waals surface area contributed by atoms with E-state index in [1.807, 2.05) is 0 Å². The van der Waals surface area contributed by atoms with Crippen molar-refractivity contribution in [1.82, 2.24) is 15.1 Å². The fraction of sp³-hybridized carbons (Fsp3) is 0.812. The first kappa shape index (κ1) is 16.1. The molecule has 0 spiro atoms. The van der Waals surface area contributed by atoms with Gasteiger partial charge in [-0.05, 0) is 19.3 Å². The fourth-order valence-corrected chi connectivity index (χ4v) is 2.89. The molecule has 2 aliphatic rings. The van der Waals surface area contributed by atoms with Crippen molar-refractivity contribution in [3.05, 3.63) is 0 Å². The molecule has 0 aliphatic carbocycles. The van der Waals surface area contributed by atoms with Gasteiger partial charge in [0.1, 0.15) is 0 Å². The molecule has 5 nitrogen and oxygen atoms in total. The second-order valence-electron chi connectivity index (χ2n) is 5.71. The summed E-state index contributed by atoms with van der Waals surface area (Å²) in [6.07, 6.45) is 7.22. The molecule has 1 atom stereocenters. The van der Waals surface area contributed by atoms with Crippen molar-refractivity contribution >= 4 is 5.96 Å². The smallest absolute Gasteiger partial charge is 0.194 e. The summed E-state index contributed by atoms with van der Waals surface area (Å²) in [4.78, 5) is 9.51. The maximum absolute atomic E-state index is 5.46. The van der Waals surface area contributed by atoms with Crippen LogP contribution in [0.3, 0.4) is 0 Å². The minimum absolute atomic E-state index is 0.705. The lowest BCUT2D eigenvalue weighted by Gasteiger charge is -2.37. The van der Waals surface area contributed by atoms with Gasteiger partial charge in [0.15, 0.2) is 5.96 Å². The second-order valence-corrected chi connectivity index (χ2v) is 5.71. The molecule has 2 heterocycles. The zero-order valence-electron chi connectivity index (χ0n) is 13.2. The van der Waals surface area contributed by atoms with E-state index in [4.69, 9.17) is 11.2 Å². The minimum Gasteiger partial charge on any atom is -0.381 e. The van der Waals surface area contributed by atoms with Crippen molar-refractivity contribution in [2.45, 2.75) is 19.8 Å². The molecule has 118 valence electrons. The third-order valence-electron chi connectivity index (χ3n) is 4.06. The first-order valence-electron chi connectivity index (χ1n) is 8.10. The van der Waals surface area contributed by atoms with E-state index in [1.165, 1.54) is 13.0 Å². The van der Waals surface area contributed by atoms with E-state index in [0.29, 0.717) is 13.0 Å². The molecule has 2 saturated heterocycles. The average Bonchev–Trinajstić information content (AvgIpc) is 3.00. The summed E-state index contributed by atoms with van der Waals surface area (Å²) in [6.45, 7) is 11.1. The molecular formula is C16H28N4O. The molecule has 2 rings (SSSR count). The van der Waals surface area contributed by atoms with Crippen LogP contribution >= 0.6 is 0 Å². The molecular weight excluding hydrogens is 264 g/mol. The van der Waals surface area contributed by atoms with Gasteiger partial charge in [0.05, 0.1) is 13.2 Å². The predicted molar refractivity (Wildman–Crippen MR) is 86.4 cm³/mol. The van der Waals surface area contributed by atoms with Gasteiger partial charge in [0.25, 0.3) is 0 Å². The minimum atomic E-state index is 0.705. The topological polar surface area (TPSA) is 40.1 Å². The highest BCUT2D eigenvalue weighted by Gasteiger charge is 2.23. The molecule has 0 bridgehead atoms. The highest BCUT2D eigenvalue weighted by atomic mass is 16.5. The summed E-state index contributed by atoms with van der Waals surface area (Å²) in [5.41, 5.74) is 0. The zero-order chi connectivity index (χ0) is 14.9. The van der Waals surface area contributed by atoms with Gasteiger partial charge in [-0.3, -0.25) is 9.89 Å². The van der Waals surface area contributed by atoms with E-state index < -0.39 is 0 Å². The Morgan fingerprint density at radius 3 is 2.81 bits per heavy atom. The molecule has 0 saturated carbocycles. The zero-order valence-corrected chi connectivity index (χ0v) is 13.2. The van der Waals surface area contributed by atoms with Crippen molar-refractivity contribution in [2.75, 3.05) is 59.0 Å². The maximum Gasteiger partial charge on any atom is 0.194 e. The Balaban J connectivity index is 1.77. The van der Waals surface area contributed by atoms with Crippen molar-refractivity contribution in [2.24, 2.45) is 10.9 Å². The summed E-state index contributed by atoms with van der Waals surface area (Å²) < 4.78 is 5.46. The van der Waals surface area contributed by atoms with Crippen LogP contribution in [0.4, 0.5) is 0 Å². The lowest BCUT2D eigenvalue weighted by molar-refractivity contribution is 0.139. The third kappa shape index (κ3) is 5.22. The number of piperazine rings is 1. The van der Waals surface area contributed by atoms with Gasteiger partial charge in [-0.25, -0.2) is 0 Å². The summed E-state index contributed by atoms with van der Waals surface area (Å²) in [7, 11) is 0. The fourth-order valence-electron chi connectivity index (χ4n) is 2.89. The number of aliphatic imine (C=N–C) groups is 1. The molecule has 5 heteroatoms. The number of guanidine groups is 1. The Hall–Kier alpha value is -1.25. The van der Waals surface area contributed by atoms with Crippen molar-refractivity contribution in [3.63, 3.8) is 0 Å². The number of ether oxygens (including phenoxy) is 1. The van der Waals surface area contributed by atoms with E-state index in [1.54, 1.807) is 0 Å². The lowest BCUT2D eigenvalue weighted by Crippen LogP contribution is -2.53. The third-order valence-corrected chi connectivity index (χ3v) is 4.06. The Labute approximate surface area is 128 Å². The van der Waals surface area contributed by atoms with E-state index in [2.05, 4.69) is 33.0 Å². The Bertz CT molecular complexity index is 363. The maximum atomic E-state index is 5.46. The molecule has 2 fully saturated rings. The predicted octanol–water partition coefficient (Wildman–Crippen LogP) is 0.629. The molecule has 21 heavy (non-hydrogen) atoms. The molecule has 1 N–H and O–H groups in total. The van der Waals surface area contributed by atoms with E-state index in [0.717, 1.165) is 57.8 Å². The first-order chi connectivity index (χ1) is 10.3. The molecule has 2 aliphatic heterocycles. The number of hydrogen-bond donors (Lipinski definition) is 1. The average molecular weight is 292 g/mol. The van der Waals surface area contributed by atoms with Crippen molar-refractivity contribution in [1.29, 1.82) is 0 Å². The number of nitrogens with zero attached hydrogens (tertiary/aromatic N) is 3. The number of hydrogen-bond acceptors (Lipinski definition) is 3. The van der Waals surface area contributed by atoms with Crippen LogP contribution in [0.25, 0.3) is 0 Å². The first-order valence-corrected chi connectivity index (χ1v) is 8.10. The van der Waals surface area contributed by atoms with Crippen LogP contribution in [0.1, 0.15) is 19.8 Å². The molecule has 0 radical (unpaired) electrons. The highest BCUT2D eigenvalue weighted by Crippen LogP contribution is 2.15. The van der Waals surface area contributed by atoms with Crippen LogP contribution in [-0.2, 0) is 4.74 Å². The number of terminal acetylenes is 1. The van der Waals surface area contributed by atoms with Crippen LogP contribution in [0.2, 0.25) is 0 Å². The lowest BCUT2D eigenvalue weighted by atomic mass is 10.1. The van der Waals surface area contributed by atoms with Gasteiger partial charge in [0.2, 0.25) is 0 Å². The molecule has 0 aromatic rings. The van der Waals surface area contributed by atoms with E-state index in [9.17, 15) is 0 Å². The molecule has 0 aromatic heterocycles. The number of nitrogens with one attached hydrogen (secondary N) is 1. The van der Waals surface area contributed by atoms with Gasteiger partial charge in [-0.2, -0.15) is 0 Å². The van der Waals surface area contributed by atoms with Crippen LogP contribution < -0.4 is 5.32 Å². The van der Waals surface area contributed by atoms with Crippen LogP contribution in [0.5, 0.6) is 0 Å². The van der Waals surface area contributed by atoms with Crippen LogP contribution in [0.15, 0.2) is 4.99 Å². The van der Waals surface area contributed by atoms with Crippen molar-refractivity contribution < 1.29 is 4.74 Å². The van der Waals surface area contributed by atoms with Gasteiger partial charge in [-0.1, -0.05) is 0 Å². The van der Waals surface area contributed by atoms with E-state index in [-0.39, 0.29) is 0 Å². The van der Waals surface area contributed by atoms with E-state index >= 15 is 0 Å². The summed E-state index contributed by atoms with van der Waals surface area (Å²) >= 11 is 0. The quantitative estimate of drug-likeness (QED) is 0.349. The van der Waals surface area contributed by atoms with Gasteiger partial charge < -0.3 is 15.0 Å². The standard InChI is InChI=1S/C16H28N4O/c1-3-5-7-18-16(17-4-2)20-10-8-19(9-11-20)13-15-6-12-21-14-15/h1,15H,4-14H2,2H3,(H,17,18). The molecule has 1 unspecified atom stereocenters. The normalized spacial score (nSPS) is 24.1. The highest BCUT2D eigenvalue weighted by molar-refractivity contribution is 5.80. The SMILES string of the molecule is C#CCCN=C(NCC)N1CCN(CC2CCOC2)CC1. The van der Waals surface area contributed by atoms with Crippen molar-refractivity contribution in [3.8, 4) is 12.3 Å². The van der Waals surface area contributed by atoms with Gasteiger partial charge >= 0.3 is 0 Å². The number of rotatable bonds is 5. The van der Waals surface area contributed by atoms with Gasteiger partial charge in [0, 0.05) is 52.3 Å². The molecule has 0 aromatic carbocycles. The van der Waals surface area contributed by atoms with Gasteiger partial charge in [-0.15, -0.1) is 12.3 Å². The summed E-state index contributed by atoms with van der Waals surface area (Å²) in [5, 5.41) is 3.37.